The van der Waals surface area contributed by atoms with E-state index in [2.05, 4.69) is 15.5 Å². The number of carbonyl (C=O) groups excluding carboxylic acids is 2. The van der Waals surface area contributed by atoms with E-state index in [0.29, 0.717) is 37.3 Å². The van der Waals surface area contributed by atoms with E-state index in [-0.39, 0.29) is 28.6 Å². The monoisotopic (exact) mass is 356 g/mol. The van der Waals surface area contributed by atoms with Crippen LogP contribution in [-0.4, -0.2) is 40.0 Å². The summed E-state index contributed by atoms with van der Waals surface area (Å²) in [5, 5.41) is 8.99. The van der Waals surface area contributed by atoms with Gasteiger partial charge in [0.2, 0.25) is 11.0 Å². The van der Waals surface area contributed by atoms with Crippen LogP contribution in [0.25, 0.3) is 0 Å². The topological polar surface area (TPSA) is 88.3 Å². The zero-order valence-corrected chi connectivity index (χ0v) is 13.3. The molecule has 3 rings (SSSR count). The van der Waals surface area contributed by atoms with Crippen molar-refractivity contribution in [1.82, 2.24) is 15.1 Å². The van der Waals surface area contributed by atoms with E-state index in [1.165, 1.54) is 6.26 Å². The van der Waals surface area contributed by atoms with E-state index in [1.807, 2.05) is 0 Å². The van der Waals surface area contributed by atoms with Crippen molar-refractivity contribution in [3.05, 3.63) is 29.2 Å². The van der Waals surface area contributed by atoms with Crippen LogP contribution >= 0.6 is 11.3 Å². The number of amides is 2. The summed E-state index contributed by atoms with van der Waals surface area (Å²) < 4.78 is 30.0. The van der Waals surface area contributed by atoms with Crippen LogP contribution in [-0.2, 0) is 4.79 Å². The maximum Gasteiger partial charge on any atom is 0.291 e. The van der Waals surface area contributed by atoms with Crippen molar-refractivity contribution in [2.24, 2.45) is 5.92 Å². The fourth-order valence-corrected chi connectivity index (χ4v) is 3.08. The Bertz CT molecular complexity index is 711. The second-order valence-corrected chi connectivity index (χ2v) is 6.29. The smallest absolute Gasteiger partial charge is 0.291 e. The molecule has 0 unspecified atom stereocenters. The van der Waals surface area contributed by atoms with Gasteiger partial charge in [-0.2, -0.15) is 0 Å². The highest BCUT2D eigenvalue weighted by Crippen LogP contribution is 2.26. The van der Waals surface area contributed by atoms with Crippen LogP contribution in [0.15, 0.2) is 22.8 Å². The average Bonchev–Trinajstić information content (AvgIpc) is 3.26. The Balaban J connectivity index is 1.52. The first-order valence-electron chi connectivity index (χ1n) is 7.30. The Labute approximate surface area is 139 Å². The maximum atomic E-state index is 12.5. The number of alkyl halides is 2. The van der Waals surface area contributed by atoms with Crippen LogP contribution in [0.5, 0.6) is 0 Å². The summed E-state index contributed by atoms with van der Waals surface area (Å²) in [6.07, 6.45) is -0.301. The molecule has 2 amide bonds. The van der Waals surface area contributed by atoms with E-state index in [9.17, 15) is 18.4 Å². The van der Waals surface area contributed by atoms with Gasteiger partial charge >= 0.3 is 0 Å². The molecular weight excluding hydrogens is 342 g/mol. The van der Waals surface area contributed by atoms with Gasteiger partial charge in [-0.25, -0.2) is 8.78 Å². The highest BCUT2D eigenvalue weighted by Gasteiger charge is 2.29. The molecule has 1 aliphatic heterocycles. The van der Waals surface area contributed by atoms with Crippen LogP contribution in [0, 0.1) is 5.92 Å². The number of hydrogen-bond acceptors (Lipinski definition) is 6. The number of halogens is 2. The molecule has 10 heteroatoms. The molecule has 3 heterocycles. The summed E-state index contributed by atoms with van der Waals surface area (Å²) in [5.74, 6) is -0.530. The fraction of sp³-hybridized carbons (Fsp3) is 0.429. The molecule has 0 saturated carbocycles. The summed E-state index contributed by atoms with van der Waals surface area (Å²) >= 11 is 0.656. The molecule has 0 atom stereocenters. The molecule has 0 aliphatic carbocycles. The Morgan fingerprint density at radius 1 is 1.33 bits per heavy atom. The quantitative estimate of drug-likeness (QED) is 0.909. The SMILES string of the molecule is O=C(Nc1nnc(C(F)F)s1)C1CCN(C(=O)c2ccco2)CC1. The van der Waals surface area contributed by atoms with Crippen LogP contribution in [0.1, 0.15) is 34.8 Å². The number of likely N-dealkylation sites (tertiary alicyclic amines) is 1. The average molecular weight is 356 g/mol. The third kappa shape index (κ3) is 3.58. The highest BCUT2D eigenvalue weighted by atomic mass is 32.1. The molecule has 0 aromatic carbocycles. The van der Waals surface area contributed by atoms with Gasteiger partial charge in [0.1, 0.15) is 0 Å². The lowest BCUT2D eigenvalue weighted by molar-refractivity contribution is -0.121. The minimum absolute atomic E-state index is 0.0596. The number of rotatable bonds is 4. The van der Waals surface area contributed by atoms with Crippen LogP contribution in [0.2, 0.25) is 0 Å². The maximum absolute atomic E-state index is 12.5. The number of aromatic nitrogens is 2. The third-order valence-electron chi connectivity index (χ3n) is 3.74. The number of carbonyl (C=O) groups is 2. The predicted octanol–water partition coefficient (Wildman–Crippen LogP) is 2.56. The summed E-state index contributed by atoms with van der Waals surface area (Å²) in [4.78, 5) is 25.9. The lowest BCUT2D eigenvalue weighted by atomic mass is 9.96. The molecule has 0 spiro atoms. The van der Waals surface area contributed by atoms with E-state index in [1.54, 1.807) is 17.0 Å². The lowest BCUT2D eigenvalue weighted by Crippen LogP contribution is -2.41. The van der Waals surface area contributed by atoms with Gasteiger partial charge in [0.05, 0.1) is 6.26 Å². The van der Waals surface area contributed by atoms with Crippen molar-refractivity contribution in [2.75, 3.05) is 18.4 Å². The van der Waals surface area contributed by atoms with Gasteiger partial charge in [-0.05, 0) is 25.0 Å². The molecule has 0 radical (unpaired) electrons. The van der Waals surface area contributed by atoms with E-state index < -0.39 is 11.4 Å². The van der Waals surface area contributed by atoms with Crippen molar-refractivity contribution in [2.45, 2.75) is 19.3 Å². The van der Waals surface area contributed by atoms with Gasteiger partial charge in [-0.15, -0.1) is 10.2 Å². The van der Waals surface area contributed by atoms with Crippen molar-refractivity contribution in [3.63, 3.8) is 0 Å². The minimum atomic E-state index is -2.70. The summed E-state index contributed by atoms with van der Waals surface area (Å²) in [5.41, 5.74) is 0. The molecule has 128 valence electrons. The van der Waals surface area contributed by atoms with Gasteiger partial charge < -0.3 is 14.6 Å². The Kier molecular flexibility index (Phi) is 4.84. The Hall–Kier alpha value is -2.36. The van der Waals surface area contributed by atoms with Crippen molar-refractivity contribution >= 4 is 28.3 Å². The van der Waals surface area contributed by atoms with Gasteiger partial charge in [-0.1, -0.05) is 11.3 Å². The molecule has 2 aromatic rings. The van der Waals surface area contributed by atoms with E-state index in [4.69, 9.17) is 4.42 Å². The number of nitrogens with one attached hydrogen (secondary N) is 1. The zero-order valence-electron chi connectivity index (χ0n) is 12.4. The summed E-state index contributed by atoms with van der Waals surface area (Å²) in [6, 6.07) is 3.24. The van der Waals surface area contributed by atoms with Gasteiger partial charge in [0.15, 0.2) is 10.8 Å². The second kappa shape index (κ2) is 7.04. The minimum Gasteiger partial charge on any atom is -0.459 e. The molecular formula is C14H14F2N4O3S. The molecule has 1 N–H and O–H groups in total. The number of nitrogens with zero attached hydrogens (tertiary/aromatic N) is 3. The lowest BCUT2D eigenvalue weighted by Gasteiger charge is -2.30. The first-order chi connectivity index (χ1) is 11.5. The van der Waals surface area contributed by atoms with Crippen LogP contribution in [0.4, 0.5) is 13.9 Å². The predicted molar refractivity (Wildman–Crippen MR) is 80.8 cm³/mol. The van der Waals surface area contributed by atoms with E-state index in [0.717, 1.165) is 0 Å². The van der Waals surface area contributed by atoms with Gasteiger partial charge in [0.25, 0.3) is 12.3 Å². The highest BCUT2D eigenvalue weighted by molar-refractivity contribution is 7.15. The molecule has 2 aromatic heterocycles. The van der Waals surface area contributed by atoms with Crippen molar-refractivity contribution < 1.29 is 22.8 Å². The first-order valence-corrected chi connectivity index (χ1v) is 8.11. The molecule has 0 bridgehead atoms. The van der Waals surface area contributed by atoms with Crippen molar-refractivity contribution in [3.8, 4) is 0 Å². The molecule has 7 nitrogen and oxygen atoms in total. The normalized spacial score (nSPS) is 15.7. The van der Waals surface area contributed by atoms with E-state index >= 15 is 0 Å². The standard InChI is InChI=1S/C14H14F2N4O3S/c15-10(16)12-18-19-14(24-12)17-11(21)8-3-5-20(6-4-8)13(22)9-2-1-7-23-9/h1-2,7-8,10H,3-6H2,(H,17,19,21). The Morgan fingerprint density at radius 2 is 2.08 bits per heavy atom. The van der Waals surface area contributed by atoms with Crippen LogP contribution in [0.3, 0.4) is 0 Å². The number of furan rings is 1. The molecule has 1 saturated heterocycles. The fourth-order valence-electron chi connectivity index (χ4n) is 2.48. The number of hydrogen-bond donors (Lipinski definition) is 1. The van der Waals surface area contributed by atoms with Gasteiger partial charge in [-0.3, -0.25) is 9.59 Å². The van der Waals surface area contributed by atoms with Crippen molar-refractivity contribution in [1.29, 1.82) is 0 Å². The van der Waals surface area contributed by atoms with Crippen LogP contribution < -0.4 is 5.32 Å². The Morgan fingerprint density at radius 3 is 2.67 bits per heavy atom. The zero-order chi connectivity index (χ0) is 17.1. The number of anilines is 1. The summed E-state index contributed by atoms with van der Waals surface area (Å²) in [7, 11) is 0. The largest absolute Gasteiger partial charge is 0.459 e. The summed E-state index contributed by atoms with van der Waals surface area (Å²) in [6.45, 7) is 0.853. The second-order valence-electron chi connectivity index (χ2n) is 5.28. The van der Waals surface area contributed by atoms with Gasteiger partial charge in [0, 0.05) is 19.0 Å². The molecule has 1 aliphatic rings. The first kappa shape index (κ1) is 16.5. The molecule has 24 heavy (non-hydrogen) atoms. The third-order valence-corrected chi connectivity index (χ3v) is 4.59. The number of piperidine rings is 1. The molecule has 1 fully saturated rings.